The summed E-state index contributed by atoms with van der Waals surface area (Å²) in [4.78, 5) is 2.56. The van der Waals surface area contributed by atoms with Crippen LogP contribution in [-0.4, -0.2) is 37.1 Å². The number of hydrogen-bond donors (Lipinski definition) is 1. The molecule has 1 rings (SSSR count). The Morgan fingerprint density at radius 1 is 1.33 bits per heavy atom. The molecule has 1 saturated carbocycles. The van der Waals surface area contributed by atoms with Crippen LogP contribution in [0, 0.1) is 11.3 Å². The van der Waals surface area contributed by atoms with Crippen LogP contribution in [0.2, 0.25) is 0 Å². The third-order valence-corrected chi connectivity index (χ3v) is 5.43. The molecule has 108 valence electrons. The van der Waals surface area contributed by atoms with Crippen molar-refractivity contribution >= 4 is 0 Å². The third-order valence-electron chi connectivity index (χ3n) is 5.43. The van der Waals surface area contributed by atoms with Crippen LogP contribution in [0.4, 0.5) is 0 Å². The Labute approximate surface area is 115 Å². The van der Waals surface area contributed by atoms with E-state index in [0.29, 0.717) is 17.0 Å². The molecule has 0 radical (unpaired) electrons. The SMILES string of the molecule is CCC(C)(C)N(C)CC1CCCC(C)(C)C1NC. The highest BCUT2D eigenvalue weighted by Gasteiger charge is 2.39. The molecule has 0 spiro atoms. The first-order valence-electron chi connectivity index (χ1n) is 7.63. The van der Waals surface area contributed by atoms with Gasteiger partial charge in [0.05, 0.1) is 0 Å². The molecule has 0 amide bonds. The summed E-state index contributed by atoms with van der Waals surface area (Å²) in [5.41, 5.74) is 0.759. The second-order valence-electron chi connectivity index (χ2n) is 7.45. The van der Waals surface area contributed by atoms with E-state index in [-0.39, 0.29) is 0 Å². The first kappa shape index (κ1) is 16.0. The Hall–Kier alpha value is -0.0800. The highest BCUT2D eigenvalue weighted by molar-refractivity contribution is 4.94. The fraction of sp³-hybridized carbons (Fsp3) is 1.00. The summed E-state index contributed by atoms with van der Waals surface area (Å²) in [6, 6.07) is 0.654. The topological polar surface area (TPSA) is 15.3 Å². The van der Waals surface area contributed by atoms with Gasteiger partial charge in [-0.05, 0) is 58.5 Å². The van der Waals surface area contributed by atoms with Crippen LogP contribution in [0.3, 0.4) is 0 Å². The van der Waals surface area contributed by atoms with E-state index in [1.807, 2.05) is 0 Å². The summed E-state index contributed by atoms with van der Waals surface area (Å²) in [5.74, 6) is 0.787. The van der Waals surface area contributed by atoms with E-state index >= 15 is 0 Å². The first-order valence-corrected chi connectivity index (χ1v) is 7.63. The zero-order valence-electron chi connectivity index (χ0n) is 13.6. The van der Waals surface area contributed by atoms with Gasteiger partial charge in [-0.25, -0.2) is 0 Å². The lowest BCUT2D eigenvalue weighted by atomic mass is 9.67. The molecule has 0 heterocycles. The largest absolute Gasteiger partial charge is 0.316 e. The van der Waals surface area contributed by atoms with Crippen molar-refractivity contribution in [2.75, 3.05) is 20.6 Å². The minimum absolute atomic E-state index is 0.319. The minimum Gasteiger partial charge on any atom is -0.316 e. The zero-order valence-corrected chi connectivity index (χ0v) is 13.6. The average Bonchev–Trinajstić information content (AvgIpc) is 2.28. The predicted molar refractivity (Wildman–Crippen MR) is 81.0 cm³/mol. The molecule has 0 saturated heterocycles. The Morgan fingerprint density at radius 2 is 1.94 bits per heavy atom. The Morgan fingerprint density at radius 3 is 2.44 bits per heavy atom. The maximum absolute atomic E-state index is 3.59. The summed E-state index contributed by atoms with van der Waals surface area (Å²) >= 11 is 0. The molecule has 1 aliphatic carbocycles. The summed E-state index contributed by atoms with van der Waals surface area (Å²) < 4.78 is 0. The Bertz CT molecular complexity index is 258. The molecule has 2 heteroatoms. The van der Waals surface area contributed by atoms with Crippen LogP contribution in [0.5, 0.6) is 0 Å². The molecule has 2 atom stereocenters. The van der Waals surface area contributed by atoms with E-state index in [1.165, 1.54) is 32.2 Å². The van der Waals surface area contributed by atoms with Crippen LogP contribution in [0.15, 0.2) is 0 Å². The van der Waals surface area contributed by atoms with Crippen molar-refractivity contribution < 1.29 is 0 Å². The van der Waals surface area contributed by atoms with Crippen molar-refractivity contribution in [3.63, 3.8) is 0 Å². The second kappa shape index (κ2) is 5.92. The smallest absolute Gasteiger partial charge is 0.0156 e. The molecule has 0 bridgehead atoms. The molecule has 1 N–H and O–H groups in total. The van der Waals surface area contributed by atoms with E-state index in [4.69, 9.17) is 0 Å². The highest BCUT2D eigenvalue weighted by Crippen LogP contribution is 2.39. The van der Waals surface area contributed by atoms with Gasteiger partial charge in [-0.15, -0.1) is 0 Å². The molecule has 2 nitrogen and oxygen atoms in total. The lowest BCUT2D eigenvalue weighted by molar-refractivity contribution is 0.0564. The van der Waals surface area contributed by atoms with Gasteiger partial charge >= 0.3 is 0 Å². The molecule has 1 fully saturated rings. The quantitative estimate of drug-likeness (QED) is 0.807. The second-order valence-corrected chi connectivity index (χ2v) is 7.45. The normalized spacial score (nSPS) is 28.7. The molecule has 0 aromatic rings. The first-order chi connectivity index (χ1) is 8.24. The monoisotopic (exact) mass is 254 g/mol. The van der Waals surface area contributed by atoms with E-state index in [9.17, 15) is 0 Å². The van der Waals surface area contributed by atoms with E-state index in [2.05, 4.69) is 58.9 Å². The maximum atomic E-state index is 3.59. The van der Waals surface area contributed by atoms with E-state index < -0.39 is 0 Å². The summed E-state index contributed by atoms with van der Waals surface area (Å²) in [5, 5.41) is 3.59. The summed E-state index contributed by atoms with van der Waals surface area (Å²) in [7, 11) is 4.42. The molecule has 0 aliphatic heterocycles. The van der Waals surface area contributed by atoms with Crippen molar-refractivity contribution in [3.05, 3.63) is 0 Å². The molecular formula is C16H34N2. The maximum Gasteiger partial charge on any atom is 0.0156 e. The van der Waals surface area contributed by atoms with Crippen molar-refractivity contribution in [2.45, 2.75) is 71.9 Å². The van der Waals surface area contributed by atoms with Crippen LogP contribution < -0.4 is 5.32 Å². The molecule has 2 unspecified atom stereocenters. The predicted octanol–water partition coefficient (Wildman–Crippen LogP) is 3.52. The van der Waals surface area contributed by atoms with Crippen LogP contribution >= 0.6 is 0 Å². The number of rotatable bonds is 5. The van der Waals surface area contributed by atoms with Gasteiger partial charge in [0, 0.05) is 18.1 Å². The van der Waals surface area contributed by atoms with Gasteiger partial charge in [-0.2, -0.15) is 0 Å². The average molecular weight is 254 g/mol. The van der Waals surface area contributed by atoms with Gasteiger partial charge < -0.3 is 10.2 Å². The van der Waals surface area contributed by atoms with Crippen LogP contribution in [0.25, 0.3) is 0 Å². The van der Waals surface area contributed by atoms with Gasteiger partial charge in [-0.3, -0.25) is 0 Å². The fourth-order valence-corrected chi connectivity index (χ4v) is 3.47. The lowest BCUT2D eigenvalue weighted by Gasteiger charge is -2.47. The number of hydrogen-bond acceptors (Lipinski definition) is 2. The molecule has 18 heavy (non-hydrogen) atoms. The van der Waals surface area contributed by atoms with Gasteiger partial charge in [0.15, 0.2) is 0 Å². The van der Waals surface area contributed by atoms with Crippen molar-refractivity contribution in [1.82, 2.24) is 10.2 Å². The highest BCUT2D eigenvalue weighted by atomic mass is 15.2. The van der Waals surface area contributed by atoms with Crippen LogP contribution in [0.1, 0.15) is 60.3 Å². The minimum atomic E-state index is 0.319. The summed E-state index contributed by atoms with van der Waals surface area (Å²) in [6.07, 6.45) is 5.33. The standard InChI is InChI=1S/C16H34N2/c1-8-16(4,5)18(7)12-13-10-9-11-15(2,3)14(13)17-6/h13-14,17H,8-12H2,1-7H3. The van der Waals surface area contributed by atoms with Crippen molar-refractivity contribution in [3.8, 4) is 0 Å². The van der Waals surface area contributed by atoms with Crippen LogP contribution in [-0.2, 0) is 0 Å². The molecule has 0 aromatic heterocycles. The lowest BCUT2D eigenvalue weighted by Crippen LogP contribution is -2.53. The Balaban J connectivity index is 2.70. The van der Waals surface area contributed by atoms with Crippen molar-refractivity contribution in [1.29, 1.82) is 0 Å². The molecular weight excluding hydrogens is 220 g/mol. The van der Waals surface area contributed by atoms with Crippen molar-refractivity contribution in [2.24, 2.45) is 11.3 Å². The van der Waals surface area contributed by atoms with Gasteiger partial charge in [0.25, 0.3) is 0 Å². The molecule has 0 aromatic carbocycles. The van der Waals surface area contributed by atoms with Gasteiger partial charge in [0.2, 0.25) is 0 Å². The zero-order chi connectivity index (χ0) is 14.0. The summed E-state index contributed by atoms with van der Waals surface area (Å²) in [6.45, 7) is 13.1. The molecule has 1 aliphatic rings. The van der Waals surface area contributed by atoms with Gasteiger partial charge in [0.1, 0.15) is 0 Å². The Kier molecular flexibility index (Phi) is 5.25. The third kappa shape index (κ3) is 3.48. The number of nitrogens with one attached hydrogen (secondary N) is 1. The fourth-order valence-electron chi connectivity index (χ4n) is 3.47. The van der Waals surface area contributed by atoms with E-state index in [1.54, 1.807) is 0 Å². The van der Waals surface area contributed by atoms with Gasteiger partial charge in [-0.1, -0.05) is 27.2 Å². The number of nitrogens with zero attached hydrogens (tertiary/aromatic N) is 1. The van der Waals surface area contributed by atoms with E-state index in [0.717, 1.165) is 5.92 Å².